The molecule has 1 N–H and O–H groups in total. The first-order chi connectivity index (χ1) is 13.6. The predicted octanol–water partition coefficient (Wildman–Crippen LogP) is 4.67. The molecule has 3 aromatic carbocycles. The molecule has 0 bridgehead atoms. The number of para-hydroxylation sites is 1. The number of amides is 2. The van der Waals surface area contributed by atoms with E-state index in [1.54, 1.807) is 11.0 Å². The Balaban J connectivity index is 1.58. The fraction of sp³-hybridized carbons (Fsp3) is 0.130. The van der Waals surface area contributed by atoms with Crippen molar-refractivity contribution in [3.63, 3.8) is 0 Å². The van der Waals surface area contributed by atoms with E-state index in [4.69, 9.17) is 0 Å². The number of benzene rings is 3. The van der Waals surface area contributed by atoms with Crippen LogP contribution in [0.5, 0.6) is 0 Å². The third-order valence-corrected chi connectivity index (χ3v) is 4.83. The van der Waals surface area contributed by atoms with E-state index in [-0.39, 0.29) is 17.6 Å². The van der Waals surface area contributed by atoms with E-state index >= 15 is 0 Å². The van der Waals surface area contributed by atoms with Crippen LogP contribution in [0.15, 0.2) is 72.8 Å². The van der Waals surface area contributed by atoms with Gasteiger partial charge in [-0.3, -0.25) is 9.59 Å². The van der Waals surface area contributed by atoms with Gasteiger partial charge in [-0.2, -0.15) is 0 Å². The second-order valence-electron chi connectivity index (χ2n) is 6.73. The van der Waals surface area contributed by atoms with Gasteiger partial charge < -0.3 is 10.2 Å². The van der Waals surface area contributed by atoms with Crippen molar-refractivity contribution >= 4 is 23.2 Å². The highest BCUT2D eigenvalue weighted by molar-refractivity contribution is 6.08. The number of halogens is 1. The summed E-state index contributed by atoms with van der Waals surface area (Å²) in [6.45, 7) is 0.596. The quantitative estimate of drug-likeness (QED) is 0.724. The van der Waals surface area contributed by atoms with Gasteiger partial charge in [0, 0.05) is 29.0 Å². The molecule has 5 heteroatoms. The van der Waals surface area contributed by atoms with Crippen molar-refractivity contribution in [1.82, 2.24) is 0 Å². The van der Waals surface area contributed by atoms with Crippen LogP contribution in [0.2, 0.25) is 0 Å². The van der Waals surface area contributed by atoms with Crippen LogP contribution in [0, 0.1) is 5.82 Å². The molecule has 1 heterocycles. The van der Waals surface area contributed by atoms with Gasteiger partial charge in [0.15, 0.2) is 0 Å². The molecule has 4 rings (SSSR count). The zero-order valence-electron chi connectivity index (χ0n) is 15.2. The van der Waals surface area contributed by atoms with Gasteiger partial charge in [0.25, 0.3) is 11.8 Å². The second-order valence-corrected chi connectivity index (χ2v) is 6.73. The summed E-state index contributed by atoms with van der Waals surface area (Å²) in [5.74, 6) is -0.719. The van der Waals surface area contributed by atoms with Crippen LogP contribution in [-0.2, 0) is 6.42 Å². The first-order valence-electron chi connectivity index (χ1n) is 9.18. The number of nitrogens with zero attached hydrogens (tertiary/aromatic N) is 1. The Morgan fingerprint density at radius 1 is 0.893 bits per heavy atom. The van der Waals surface area contributed by atoms with Crippen molar-refractivity contribution < 1.29 is 14.0 Å². The van der Waals surface area contributed by atoms with Gasteiger partial charge in [-0.15, -0.1) is 0 Å². The maximum absolute atomic E-state index is 13.1. The number of fused-ring (bicyclic) bond motifs is 1. The lowest BCUT2D eigenvalue weighted by atomic mass is 9.98. The maximum Gasteiger partial charge on any atom is 0.258 e. The highest BCUT2D eigenvalue weighted by atomic mass is 19.1. The Hall–Kier alpha value is -3.47. The second kappa shape index (κ2) is 7.64. The highest BCUT2D eigenvalue weighted by Crippen LogP contribution is 2.29. The Morgan fingerprint density at radius 3 is 2.36 bits per heavy atom. The zero-order valence-corrected chi connectivity index (χ0v) is 15.2. The van der Waals surface area contributed by atoms with Crippen LogP contribution in [-0.4, -0.2) is 18.4 Å². The number of carbonyl (C=O) groups excluding carboxylic acids is 2. The first-order valence-corrected chi connectivity index (χ1v) is 9.18. The molecule has 28 heavy (non-hydrogen) atoms. The Morgan fingerprint density at radius 2 is 1.61 bits per heavy atom. The standard InChI is InChI=1S/C23H19FN2O2/c24-19-11-8-16(9-12-19)23(28)26-14-4-5-17-15-18(10-13-21(17)26)22(27)25-20-6-2-1-3-7-20/h1-3,6-13,15H,4-5,14H2,(H,25,27). The van der Waals surface area contributed by atoms with E-state index < -0.39 is 0 Å². The van der Waals surface area contributed by atoms with Gasteiger partial charge in [-0.1, -0.05) is 18.2 Å². The van der Waals surface area contributed by atoms with Gasteiger partial charge in [-0.25, -0.2) is 4.39 Å². The highest BCUT2D eigenvalue weighted by Gasteiger charge is 2.24. The van der Waals surface area contributed by atoms with Crippen LogP contribution in [0.1, 0.15) is 32.7 Å². The van der Waals surface area contributed by atoms with Crippen molar-refractivity contribution in [2.24, 2.45) is 0 Å². The monoisotopic (exact) mass is 374 g/mol. The van der Waals surface area contributed by atoms with Crippen LogP contribution in [0.25, 0.3) is 0 Å². The number of anilines is 2. The first kappa shape index (κ1) is 17.9. The van der Waals surface area contributed by atoms with Crippen LogP contribution < -0.4 is 10.2 Å². The summed E-state index contributed by atoms with van der Waals surface area (Å²) in [5.41, 5.74) is 3.50. The van der Waals surface area contributed by atoms with Gasteiger partial charge in [0.1, 0.15) is 5.82 Å². The minimum absolute atomic E-state index is 0.164. The zero-order chi connectivity index (χ0) is 19.5. The van der Waals surface area contributed by atoms with Gasteiger partial charge >= 0.3 is 0 Å². The lowest BCUT2D eigenvalue weighted by molar-refractivity contribution is 0.0984. The lowest BCUT2D eigenvalue weighted by Crippen LogP contribution is -2.35. The average molecular weight is 374 g/mol. The number of aryl methyl sites for hydroxylation is 1. The Bertz CT molecular complexity index is 1020. The fourth-order valence-corrected chi connectivity index (χ4v) is 3.42. The molecule has 0 radical (unpaired) electrons. The Kier molecular flexibility index (Phi) is 4.89. The summed E-state index contributed by atoms with van der Waals surface area (Å²) < 4.78 is 13.1. The molecule has 0 atom stereocenters. The van der Waals surface area contributed by atoms with Crippen LogP contribution >= 0.6 is 0 Å². The molecule has 0 spiro atoms. The number of hydrogen-bond donors (Lipinski definition) is 1. The molecule has 1 aliphatic rings. The smallest absolute Gasteiger partial charge is 0.258 e. The molecule has 0 aromatic heterocycles. The summed E-state index contributed by atoms with van der Waals surface area (Å²) in [6.07, 6.45) is 1.61. The van der Waals surface area contributed by atoms with Gasteiger partial charge in [0.2, 0.25) is 0 Å². The van der Waals surface area contributed by atoms with Crippen molar-refractivity contribution in [2.75, 3.05) is 16.8 Å². The van der Waals surface area contributed by atoms with Gasteiger partial charge in [-0.05, 0) is 73.0 Å². The molecule has 0 unspecified atom stereocenters. The van der Waals surface area contributed by atoms with E-state index in [2.05, 4.69) is 5.32 Å². The third kappa shape index (κ3) is 3.64. The van der Waals surface area contributed by atoms with Crippen molar-refractivity contribution in [3.05, 3.63) is 95.3 Å². The van der Waals surface area contributed by atoms with E-state index in [0.717, 1.165) is 29.8 Å². The van der Waals surface area contributed by atoms with E-state index in [0.29, 0.717) is 17.7 Å². The molecule has 3 aromatic rings. The molecule has 4 nitrogen and oxygen atoms in total. The van der Waals surface area contributed by atoms with Crippen LogP contribution in [0.4, 0.5) is 15.8 Å². The topological polar surface area (TPSA) is 49.4 Å². The molecule has 0 fully saturated rings. The molecule has 140 valence electrons. The predicted molar refractivity (Wildman–Crippen MR) is 107 cm³/mol. The molecular formula is C23H19FN2O2. The minimum Gasteiger partial charge on any atom is -0.322 e. The number of rotatable bonds is 3. The molecular weight excluding hydrogens is 355 g/mol. The Labute approximate surface area is 162 Å². The summed E-state index contributed by atoms with van der Waals surface area (Å²) in [5, 5.41) is 2.88. The van der Waals surface area contributed by atoms with Crippen molar-refractivity contribution in [3.8, 4) is 0 Å². The molecule has 0 saturated heterocycles. The minimum atomic E-state index is -0.371. The molecule has 0 aliphatic carbocycles. The number of carbonyl (C=O) groups is 2. The number of nitrogens with one attached hydrogen (secondary N) is 1. The summed E-state index contributed by atoms with van der Waals surface area (Å²) in [7, 11) is 0. The van der Waals surface area contributed by atoms with E-state index in [9.17, 15) is 14.0 Å². The maximum atomic E-state index is 13.1. The van der Waals surface area contributed by atoms with Crippen molar-refractivity contribution in [1.29, 1.82) is 0 Å². The molecule has 0 saturated carbocycles. The van der Waals surface area contributed by atoms with Gasteiger partial charge in [0.05, 0.1) is 0 Å². The normalized spacial score (nSPS) is 13.0. The summed E-state index contributed by atoms with van der Waals surface area (Å²) in [6, 6.07) is 20.2. The summed E-state index contributed by atoms with van der Waals surface area (Å²) in [4.78, 5) is 27.1. The largest absolute Gasteiger partial charge is 0.322 e. The van der Waals surface area contributed by atoms with Crippen LogP contribution in [0.3, 0.4) is 0 Å². The van der Waals surface area contributed by atoms with Crippen molar-refractivity contribution in [2.45, 2.75) is 12.8 Å². The van der Waals surface area contributed by atoms with E-state index in [1.807, 2.05) is 42.5 Å². The fourth-order valence-electron chi connectivity index (χ4n) is 3.42. The SMILES string of the molecule is O=C(Nc1ccccc1)c1ccc2c(c1)CCCN2C(=O)c1ccc(F)cc1. The number of hydrogen-bond acceptors (Lipinski definition) is 2. The molecule has 2 amide bonds. The third-order valence-electron chi connectivity index (χ3n) is 4.83. The summed E-state index contributed by atoms with van der Waals surface area (Å²) >= 11 is 0. The molecule has 1 aliphatic heterocycles. The average Bonchev–Trinajstić information content (AvgIpc) is 2.73. The lowest BCUT2D eigenvalue weighted by Gasteiger charge is -2.30. The van der Waals surface area contributed by atoms with E-state index in [1.165, 1.54) is 24.3 Å².